The van der Waals surface area contributed by atoms with Crippen LogP contribution in [0.3, 0.4) is 0 Å². The Balaban J connectivity index is 2.05. The summed E-state index contributed by atoms with van der Waals surface area (Å²) in [7, 11) is 0. The third-order valence-corrected chi connectivity index (χ3v) is 3.76. The number of para-hydroxylation sites is 2. The van der Waals surface area contributed by atoms with Crippen molar-refractivity contribution >= 4 is 11.6 Å². The van der Waals surface area contributed by atoms with E-state index in [-0.39, 0.29) is 12.5 Å². The van der Waals surface area contributed by atoms with Gasteiger partial charge >= 0.3 is 0 Å². The standard InChI is InChI=1S/C19H23NO2/c1-5-16-11-7-8-13(2)18(16)20-17(21)12-22-19-14(3)9-6-10-15(19)4/h6-11H,5,12H2,1-4H3,(H,20,21). The summed E-state index contributed by atoms with van der Waals surface area (Å²) >= 11 is 0. The summed E-state index contributed by atoms with van der Waals surface area (Å²) in [6, 6.07) is 12.0. The lowest BCUT2D eigenvalue weighted by molar-refractivity contribution is -0.118. The number of carbonyl (C=O) groups is 1. The maximum Gasteiger partial charge on any atom is 0.262 e. The molecular formula is C19H23NO2. The monoisotopic (exact) mass is 297 g/mol. The minimum absolute atomic E-state index is 0.0170. The molecule has 0 aliphatic rings. The van der Waals surface area contributed by atoms with E-state index < -0.39 is 0 Å². The van der Waals surface area contributed by atoms with Crippen LogP contribution in [-0.2, 0) is 11.2 Å². The molecular weight excluding hydrogens is 274 g/mol. The van der Waals surface area contributed by atoms with Crippen LogP contribution < -0.4 is 10.1 Å². The van der Waals surface area contributed by atoms with Crippen LogP contribution in [0.1, 0.15) is 29.2 Å². The molecule has 0 unspecified atom stereocenters. The number of carbonyl (C=O) groups excluding carboxylic acids is 1. The Kier molecular flexibility index (Phi) is 5.21. The molecule has 3 nitrogen and oxygen atoms in total. The molecule has 1 N–H and O–H groups in total. The average Bonchev–Trinajstić information content (AvgIpc) is 2.49. The van der Waals surface area contributed by atoms with Crippen molar-refractivity contribution in [2.24, 2.45) is 0 Å². The number of nitrogens with one attached hydrogen (secondary N) is 1. The van der Waals surface area contributed by atoms with Gasteiger partial charge in [-0.15, -0.1) is 0 Å². The Morgan fingerprint density at radius 3 is 2.23 bits per heavy atom. The summed E-state index contributed by atoms with van der Waals surface area (Å²) < 4.78 is 5.70. The zero-order chi connectivity index (χ0) is 16.1. The normalized spacial score (nSPS) is 10.4. The Labute approximate surface area is 132 Å². The van der Waals surface area contributed by atoms with Gasteiger partial charge in [0.1, 0.15) is 5.75 Å². The van der Waals surface area contributed by atoms with Gasteiger partial charge in [0.05, 0.1) is 0 Å². The molecule has 2 aromatic carbocycles. The minimum atomic E-state index is -0.133. The molecule has 116 valence electrons. The number of aryl methyl sites for hydroxylation is 4. The first-order valence-electron chi connectivity index (χ1n) is 7.60. The highest BCUT2D eigenvalue weighted by molar-refractivity contribution is 5.93. The fourth-order valence-corrected chi connectivity index (χ4v) is 2.54. The van der Waals surface area contributed by atoms with Crippen molar-refractivity contribution in [3.05, 3.63) is 58.7 Å². The van der Waals surface area contributed by atoms with E-state index in [1.807, 2.05) is 57.2 Å². The Morgan fingerprint density at radius 2 is 1.59 bits per heavy atom. The van der Waals surface area contributed by atoms with Gasteiger partial charge in [0.2, 0.25) is 0 Å². The highest BCUT2D eigenvalue weighted by Crippen LogP contribution is 2.23. The zero-order valence-electron chi connectivity index (χ0n) is 13.7. The van der Waals surface area contributed by atoms with Gasteiger partial charge < -0.3 is 10.1 Å². The van der Waals surface area contributed by atoms with Crippen molar-refractivity contribution in [2.45, 2.75) is 34.1 Å². The number of hydrogen-bond acceptors (Lipinski definition) is 2. The van der Waals surface area contributed by atoms with Crippen LogP contribution in [0.5, 0.6) is 5.75 Å². The number of anilines is 1. The van der Waals surface area contributed by atoms with Crippen molar-refractivity contribution in [1.29, 1.82) is 0 Å². The van der Waals surface area contributed by atoms with Crippen LogP contribution in [0.4, 0.5) is 5.69 Å². The Hall–Kier alpha value is -2.29. The molecule has 0 radical (unpaired) electrons. The second-order valence-corrected chi connectivity index (χ2v) is 5.52. The molecule has 1 amide bonds. The number of amides is 1. The molecule has 0 aromatic heterocycles. The van der Waals surface area contributed by atoms with Gasteiger partial charge in [0, 0.05) is 5.69 Å². The largest absolute Gasteiger partial charge is 0.483 e. The van der Waals surface area contributed by atoms with E-state index >= 15 is 0 Å². The summed E-state index contributed by atoms with van der Waals surface area (Å²) in [5.74, 6) is 0.657. The van der Waals surface area contributed by atoms with E-state index in [0.29, 0.717) is 0 Å². The SMILES string of the molecule is CCc1cccc(C)c1NC(=O)COc1c(C)cccc1C. The number of hydrogen-bond donors (Lipinski definition) is 1. The third-order valence-electron chi connectivity index (χ3n) is 3.76. The van der Waals surface area contributed by atoms with Gasteiger partial charge in [-0.3, -0.25) is 4.79 Å². The summed E-state index contributed by atoms with van der Waals surface area (Å²) in [4.78, 5) is 12.2. The quantitative estimate of drug-likeness (QED) is 0.898. The molecule has 0 fully saturated rings. The second kappa shape index (κ2) is 7.12. The van der Waals surface area contributed by atoms with Crippen molar-refractivity contribution in [2.75, 3.05) is 11.9 Å². The third kappa shape index (κ3) is 3.67. The molecule has 3 heteroatoms. The summed E-state index contributed by atoms with van der Waals surface area (Å²) in [6.07, 6.45) is 0.884. The summed E-state index contributed by atoms with van der Waals surface area (Å²) in [6.45, 7) is 8.06. The van der Waals surface area contributed by atoms with Gasteiger partial charge in [0.25, 0.3) is 5.91 Å². The van der Waals surface area contributed by atoms with Crippen molar-refractivity contribution in [1.82, 2.24) is 0 Å². The molecule has 0 atom stereocenters. The maximum atomic E-state index is 12.2. The molecule has 0 spiro atoms. The highest BCUT2D eigenvalue weighted by atomic mass is 16.5. The van der Waals surface area contributed by atoms with Crippen LogP contribution in [0, 0.1) is 20.8 Å². The number of ether oxygens (including phenoxy) is 1. The highest BCUT2D eigenvalue weighted by Gasteiger charge is 2.10. The molecule has 2 aromatic rings. The molecule has 2 rings (SSSR count). The molecule has 22 heavy (non-hydrogen) atoms. The number of rotatable bonds is 5. The van der Waals surface area contributed by atoms with Crippen LogP contribution >= 0.6 is 0 Å². The van der Waals surface area contributed by atoms with Gasteiger partial charge in [0.15, 0.2) is 6.61 Å². The molecule has 0 aliphatic heterocycles. The van der Waals surface area contributed by atoms with Crippen LogP contribution in [-0.4, -0.2) is 12.5 Å². The molecule has 0 heterocycles. The van der Waals surface area contributed by atoms with E-state index in [4.69, 9.17) is 4.74 Å². The molecule has 0 saturated carbocycles. The lowest BCUT2D eigenvalue weighted by Gasteiger charge is -2.15. The van der Waals surface area contributed by atoms with Gasteiger partial charge in [-0.1, -0.05) is 43.3 Å². The lowest BCUT2D eigenvalue weighted by Crippen LogP contribution is -2.22. The van der Waals surface area contributed by atoms with E-state index in [1.165, 1.54) is 0 Å². The second-order valence-electron chi connectivity index (χ2n) is 5.52. The molecule has 0 bridgehead atoms. The van der Waals surface area contributed by atoms with Gasteiger partial charge in [-0.05, 0) is 49.4 Å². The van der Waals surface area contributed by atoms with E-state index in [2.05, 4.69) is 12.2 Å². The van der Waals surface area contributed by atoms with Crippen molar-refractivity contribution < 1.29 is 9.53 Å². The first-order valence-corrected chi connectivity index (χ1v) is 7.60. The van der Waals surface area contributed by atoms with Crippen LogP contribution in [0.2, 0.25) is 0 Å². The fourth-order valence-electron chi connectivity index (χ4n) is 2.54. The van der Waals surface area contributed by atoms with Crippen LogP contribution in [0.25, 0.3) is 0 Å². The molecule has 0 saturated heterocycles. The predicted molar refractivity (Wildman–Crippen MR) is 90.6 cm³/mol. The van der Waals surface area contributed by atoms with E-state index in [1.54, 1.807) is 0 Å². The first-order chi connectivity index (χ1) is 10.5. The number of benzene rings is 2. The predicted octanol–water partition coefficient (Wildman–Crippen LogP) is 4.19. The summed E-state index contributed by atoms with van der Waals surface area (Å²) in [5.41, 5.74) is 5.19. The first kappa shape index (κ1) is 16.1. The van der Waals surface area contributed by atoms with Crippen molar-refractivity contribution in [3.8, 4) is 5.75 Å². The maximum absolute atomic E-state index is 12.2. The smallest absolute Gasteiger partial charge is 0.262 e. The summed E-state index contributed by atoms with van der Waals surface area (Å²) in [5, 5.41) is 2.97. The van der Waals surface area contributed by atoms with Crippen molar-refractivity contribution in [3.63, 3.8) is 0 Å². The molecule has 0 aliphatic carbocycles. The lowest BCUT2D eigenvalue weighted by atomic mass is 10.1. The minimum Gasteiger partial charge on any atom is -0.483 e. The van der Waals surface area contributed by atoms with Crippen LogP contribution in [0.15, 0.2) is 36.4 Å². The van der Waals surface area contributed by atoms with E-state index in [9.17, 15) is 4.79 Å². The Morgan fingerprint density at radius 1 is 1.00 bits per heavy atom. The van der Waals surface area contributed by atoms with Gasteiger partial charge in [-0.2, -0.15) is 0 Å². The van der Waals surface area contributed by atoms with E-state index in [0.717, 1.165) is 40.1 Å². The van der Waals surface area contributed by atoms with Gasteiger partial charge in [-0.25, -0.2) is 0 Å². The topological polar surface area (TPSA) is 38.3 Å². The fraction of sp³-hybridized carbons (Fsp3) is 0.316. The average molecular weight is 297 g/mol. The zero-order valence-corrected chi connectivity index (χ0v) is 13.7. The Bertz CT molecular complexity index is 657.